The van der Waals surface area contributed by atoms with Gasteiger partial charge in [0.15, 0.2) is 11.6 Å². The van der Waals surface area contributed by atoms with Crippen molar-refractivity contribution in [3.8, 4) is 5.75 Å². The zero-order valence-electron chi connectivity index (χ0n) is 11.1. The summed E-state index contributed by atoms with van der Waals surface area (Å²) in [6, 6.07) is 0.297. The first-order valence-electron chi connectivity index (χ1n) is 6.25. The number of methoxy groups -OCH3 is 1. The molecule has 0 bridgehead atoms. The van der Waals surface area contributed by atoms with E-state index in [-0.39, 0.29) is 5.95 Å². The summed E-state index contributed by atoms with van der Waals surface area (Å²) in [5, 5.41) is 3.35. The van der Waals surface area contributed by atoms with Gasteiger partial charge in [-0.25, -0.2) is 4.98 Å². The van der Waals surface area contributed by atoms with Crippen molar-refractivity contribution in [1.29, 1.82) is 0 Å². The Morgan fingerprint density at radius 2 is 2.39 bits per heavy atom. The molecule has 0 saturated carbocycles. The van der Waals surface area contributed by atoms with Crippen LogP contribution in [0.25, 0.3) is 0 Å². The zero-order valence-corrected chi connectivity index (χ0v) is 11.1. The van der Waals surface area contributed by atoms with Gasteiger partial charge in [0, 0.05) is 6.04 Å². The van der Waals surface area contributed by atoms with Crippen molar-refractivity contribution in [2.45, 2.75) is 38.6 Å². The molecule has 0 amide bonds. The number of nitrogens with two attached hydrogens (primary N) is 1. The molecule has 1 heterocycles. The van der Waals surface area contributed by atoms with Crippen LogP contribution in [-0.2, 0) is 0 Å². The second-order valence-electron chi connectivity index (χ2n) is 4.15. The molecule has 1 aromatic rings. The van der Waals surface area contributed by atoms with Gasteiger partial charge in [0.1, 0.15) is 0 Å². The number of anilines is 2. The molecule has 3 N–H and O–H groups in total. The lowest BCUT2D eigenvalue weighted by atomic mass is 10.1. The molecular formula is C13H22N4O. The molecular weight excluding hydrogens is 228 g/mol. The van der Waals surface area contributed by atoms with Crippen LogP contribution in [0.1, 0.15) is 32.6 Å². The van der Waals surface area contributed by atoms with Crippen LogP contribution in [-0.4, -0.2) is 23.1 Å². The summed E-state index contributed by atoms with van der Waals surface area (Å²) < 4.78 is 5.21. The Labute approximate surface area is 108 Å². The quantitative estimate of drug-likeness (QED) is 0.694. The summed E-state index contributed by atoms with van der Waals surface area (Å²) in [7, 11) is 1.59. The first kappa shape index (κ1) is 14.3. The highest BCUT2D eigenvalue weighted by molar-refractivity contribution is 5.51. The lowest BCUT2D eigenvalue weighted by Crippen LogP contribution is -2.20. The van der Waals surface area contributed by atoms with Gasteiger partial charge in [0.2, 0.25) is 5.95 Å². The monoisotopic (exact) mass is 250 g/mol. The molecule has 1 aromatic heterocycles. The molecule has 100 valence electrons. The number of nitrogens with zero attached hydrogens (tertiary/aromatic N) is 2. The number of hydrogen-bond donors (Lipinski definition) is 2. The zero-order chi connectivity index (χ0) is 13.4. The van der Waals surface area contributed by atoms with E-state index in [1.165, 1.54) is 6.42 Å². The van der Waals surface area contributed by atoms with Crippen LogP contribution in [0.2, 0.25) is 0 Å². The van der Waals surface area contributed by atoms with Crippen molar-refractivity contribution in [2.75, 3.05) is 18.2 Å². The molecule has 18 heavy (non-hydrogen) atoms. The maximum Gasteiger partial charge on any atom is 0.222 e. The van der Waals surface area contributed by atoms with Gasteiger partial charge in [0.05, 0.1) is 13.3 Å². The Hall–Kier alpha value is -1.78. The number of unbranched alkanes of at least 4 members (excludes halogenated alkanes) is 1. The molecule has 1 rings (SSSR count). The second kappa shape index (κ2) is 7.53. The minimum Gasteiger partial charge on any atom is -0.491 e. The van der Waals surface area contributed by atoms with E-state index < -0.39 is 0 Å². The van der Waals surface area contributed by atoms with Gasteiger partial charge >= 0.3 is 0 Å². The fraction of sp³-hybridized carbons (Fsp3) is 0.538. The number of ether oxygens (including phenoxy) is 1. The van der Waals surface area contributed by atoms with Gasteiger partial charge in [-0.2, -0.15) is 4.98 Å². The van der Waals surface area contributed by atoms with E-state index in [9.17, 15) is 0 Å². The predicted molar refractivity (Wildman–Crippen MR) is 74.7 cm³/mol. The van der Waals surface area contributed by atoms with Crippen LogP contribution in [0.5, 0.6) is 5.75 Å². The first-order chi connectivity index (χ1) is 8.71. The fourth-order valence-electron chi connectivity index (χ4n) is 1.73. The number of nitrogens with one attached hydrogen (secondary N) is 1. The molecule has 0 saturated heterocycles. The Kier molecular flexibility index (Phi) is 5.97. The van der Waals surface area contributed by atoms with Gasteiger partial charge in [0.25, 0.3) is 0 Å². The SMILES string of the molecule is C=CCC(CCCC)Nc1nc(N)ncc1OC. The highest BCUT2D eigenvalue weighted by atomic mass is 16.5. The third-order valence-corrected chi connectivity index (χ3v) is 2.69. The highest BCUT2D eigenvalue weighted by Gasteiger charge is 2.12. The third-order valence-electron chi connectivity index (χ3n) is 2.69. The molecule has 1 unspecified atom stereocenters. The van der Waals surface area contributed by atoms with Crippen LogP contribution < -0.4 is 15.8 Å². The average Bonchev–Trinajstić information content (AvgIpc) is 2.36. The summed E-state index contributed by atoms with van der Waals surface area (Å²) in [6.45, 7) is 5.96. The van der Waals surface area contributed by atoms with Crippen LogP contribution in [0.15, 0.2) is 18.9 Å². The molecule has 0 aliphatic heterocycles. The van der Waals surface area contributed by atoms with Crippen molar-refractivity contribution >= 4 is 11.8 Å². The summed E-state index contributed by atoms with van der Waals surface area (Å²) in [5.74, 6) is 1.49. The largest absolute Gasteiger partial charge is 0.491 e. The number of hydrogen-bond acceptors (Lipinski definition) is 5. The highest BCUT2D eigenvalue weighted by Crippen LogP contribution is 2.23. The number of rotatable bonds is 8. The van der Waals surface area contributed by atoms with E-state index in [4.69, 9.17) is 10.5 Å². The first-order valence-corrected chi connectivity index (χ1v) is 6.25. The van der Waals surface area contributed by atoms with Crippen molar-refractivity contribution in [3.63, 3.8) is 0 Å². The number of aromatic nitrogens is 2. The van der Waals surface area contributed by atoms with E-state index in [2.05, 4.69) is 28.8 Å². The van der Waals surface area contributed by atoms with Crippen LogP contribution in [0.4, 0.5) is 11.8 Å². The van der Waals surface area contributed by atoms with E-state index >= 15 is 0 Å². The number of nitrogen functional groups attached to an aromatic ring is 1. The Morgan fingerprint density at radius 1 is 1.61 bits per heavy atom. The van der Waals surface area contributed by atoms with Crippen LogP contribution in [0, 0.1) is 0 Å². The van der Waals surface area contributed by atoms with E-state index in [0.717, 1.165) is 19.3 Å². The van der Waals surface area contributed by atoms with Gasteiger partial charge in [-0.3, -0.25) is 0 Å². The van der Waals surface area contributed by atoms with Gasteiger partial charge < -0.3 is 15.8 Å². The summed E-state index contributed by atoms with van der Waals surface area (Å²) in [4.78, 5) is 8.08. The maximum absolute atomic E-state index is 5.59. The molecule has 0 aliphatic rings. The normalized spacial score (nSPS) is 11.9. The molecule has 1 atom stereocenters. The van der Waals surface area contributed by atoms with Crippen molar-refractivity contribution < 1.29 is 4.74 Å². The van der Waals surface area contributed by atoms with Gasteiger partial charge in [-0.15, -0.1) is 6.58 Å². The van der Waals surface area contributed by atoms with Gasteiger partial charge in [-0.1, -0.05) is 25.8 Å². The second-order valence-corrected chi connectivity index (χ2v) is 4.15. The van der Waals surface area contributed by atoms with Crippen molar-refractivity contribution in [2.24, 2.45) is 0 Å². The smallest absolute Gasteiger partial charge is 0.222 e. The summed E-state index contributed by atoms with van der Waals surface area (Å²) in [6.07, 6.45) is 7.76. The maximum atomic E-state index is 5.59. The Bertz CT molecular complexity index is 381. The summed E-state index contributed by atoms with van der Waals surface area (Å²) in [5.41, 5.74) is 5.59. The Balaban J connectivity index is 2.77. The molecule has 0 spiro atoms. The molecule has 5 heteroatoms. The molecule has 0 radical (unpaired) electrons. The molecule has 0 fully saturated rings. The Morgan fingerprint density at radius 3 is 3.00 bits per heavy atom. The lowest BCUT2D eigenvalue weighted by molar-refractivity contribution is 0.412. The minimum absolute atomic E-state index is 0.242. The van der Waals surface area contributed by atoms with Crippen LogP contribution in [0.3, 0.4) is 0 Å². The van der Waals surface area contributed by atoms with Gasteiger partial charge in [-0.05, 0) is 12.8 Å². The fourth-order valence-corrected chi connectivity index (χ4v) is 1.73. The van der Waals surface area contributed by atoms with Crippen LogP contribution >= 0.6 is 0 Å². The average molecular weight is 250 g/mol. The van der Waals surface area contributed by atoms with E-state index in [0.29, 0.717) is 17.6 Å². The lowest BCUT2D eigenvalue weighted by Gasteiger charge is -2.19. The van der Waals surface area contributed by atoms with Crippen molar-refractivity contribution in [1.82, 2.24) is 9.97 Å². The summed E-state index contributed by atoms with van der Waals surface area (Å²) >= 11 is 0. The van der Waals surface area contributed by atoms with E-state index in [1.54, 1.807) is 13.3 Å². The topological polar surface area (TPSA) is 73.1 Å². The standard InChI is InChI=1S/C13H22N4O/c1-4-6-8-10(7-5-2)16-12-11(18-3)9-15-13(14)17-12/h5,9-10H,2,4,6-8H2,1,3H3,(H3,14,15,16,17). The predicted octanol–water partition coefficient (Wildman–Crippen LogP) is 2.61. The molecule has 0 aliphatic carbocycles. The van der Waals surface area contributed by atoms with Crippen molar-refractivity contribution in [3.05, 3.63) is 18.9 Å². The minimum atomic E-state index is 0.242. The molecule has 5 nitrogen and oxygen atoms in total. The van der Waals surface area contributed by atoms with E-state index in [1.807, 2.05) is 6.08 Å². The molecule has 0 aromatic carbocycles. The third kappa shape index (κ3) is 4.24.